The second-order valence-electron chi connectivity index (χ2n) is 2.94. The fraction of sp³-hybridized carbons (Fsp3) is 0.100. The van der Waals surface area contributed by atoms with E-state index in [2.05, 4.69) is 12.6 Å². The van der Waals surface area contributed by atoms with Crippen LogP contribution < -0.4 is 9.64 Å². The van der Waals surface area contributed by atoms with Crippen LogP contribution in [0, 0.1) is 0 Å². The minimum Gasteiger partial charge on any atom is -0.437 e. The number of anilines is 1. The quantitative estimate of drug-likeness (QED) is 0.432. The highest BCUT2D eigenvalue weighted by molar-refractivity contribution is 7.85. The summed E-state index contributed by atoms with van der Waals surface area (Å²) in [5.74, 6) is 1.22. The van der Waals surface area contributed by atoms with Gasteiger partial charge in [0.15, 0.2) is 12.0 Å². The van der Waals surface area contributed by atoms with Crippen molar-refractivity contribution in [1.82, 2.24) is 0 Å². The number of carbonyl (C=O) groups excluding carboxylic acids is 1. The Bertz CT molecular complexity index is 414. The number of thiol groups is 1. The molecule has 1 aromatic carbocycles. The summed E-state index contributed by atoms with van der Waals surface area (Å²) in [5.41, 5.74) is 0.941. The van der Waals surface area contributed by atoms with Crippen molar-refractivity contribution in [3.05, 3.63) is 35.1 Å². The first-order chi connectivity index (χ1) is 6.74. The van der Waals surface area contributed by atoms with E-state index in [0.29, 0.717) is 17.1 Å². The van der Waals surface area contributed by atoms with Gasteiger partial charge >= 0.3 is 0 Å². The van der Waals surface area contributed by atoms with Crippen LogP contribution in [-0.4, -0.2) is 13.3 Å². The molecule has 0 bridgehead atoms. The van der Waals surface area contributed by atoms with Crippen LogP contribution in [0.2, 0.25) is 0 Å². The van der Waals surface area contributed by atoms with Crippen LogP contribution in [0.25, 0.3) is 0 Å². The van der Waals surface area contributed by atoms with Gasteiger partial charge in [0.1, 0.15) is 4.91 Å². The molecule has 72 valence electrons. The smallest absolute Gasteiger partial charge is 0.217 e. The minimum absolute atomic E-state index is 0.295. The fourth-order valence-electron chi connectivity index (χ4n) is 1.38. The molecule has 0 N–H and O–H groups in total. The van der Waals surface area contributed by atoms with E-state index in [1.54, 1.807) is 4.90 Å². The molecule has 0 aromatic heterocycles. The lowest BCUT2D eigenvalue weighted by Gasteiger charge is -2.10. The summed E-state index contributed by atoms with van der Waals surface area (Å²) < 4.78 is 5.47. The first-order valence-electron chi connectivity index (χ1n) is 4.13. The second kappa shape index (κ2) is 3.38. The first-order valence-corrected chi connectivity index (χ1v) is 4.58. The molecule has 2 rings (SSSR count). The van der Waals surface area contributed by atoms with Crippen molar-refractivity contribution < 1.29 is 9.53 Å². The van der Waals surface area contributed by atoms with Gasteiger partial charge in [-0.2, -0.15) is 0 Å². The third kappa shape index (κ3) is 1.28. The van der Waals surface area contributed by atoms with E-state index in [-0.39, 0.29) is 0 Å². The van der Waals surface area contributed by atoms with Crippen LogP contribution in [0.5, 0.6) is 5.75 Å². The molecule has 1 heterocycles. The van der Waals surface area contributed by atoms with E-state index >= 15 is 0 Å². The van der Waals surface area contributed by atoms with Gasteiger partial charge in [-0.3, -0.25) is 4.79 Å². The zero-order valence-corrected chi connectivity index (χ0v) is 8.49. The fourth-order valence-corrected chi connectivity index (χ4v) is 1.57. The summed E-state index contributed by atoms with van der Waals surface area (Å²) in [6.45, 7) is 0. The Labute approximate surface area is 87.4 Å². The average molecular weight is 207 g/mol. The molecule has 0 unspecified atom stereocenters. The van der Waals surface area contributed by atoms with Gasteiger partial charge in [-0.15, -0.1) is 12.6 Å². The van der Waals surface area contributed by atoms with Gasteiger partial charge in [-0.1, -0.05) is 12.1 Å². The van der Waals surface area contributed by atoms with Gasteiger partial charge in [0.05, 0.1) is 5.69 Å². The zero-order valence-electron chi connectivity index (χ0n) is 7.60. The SMILES string of the molecule is CN1/C(=C(/S)C=O)Oc2ccccc21. The monoisotopic (exact) mass is 207 g/mol. The lowest BCUT2D eigenvalue weighted by Crippen LogP contribution is -2.15. The molecule has 1 aliphatic rings. The van der Waals surface area contributed by atoms with Gasteiger partial charge < -0.3 is 9.64 Å². The molecule has 0 aliphatic carbocycles. The Morgan fingerprint density at radius 1 is 1.50 bits per heavy atom. The van der Waals surface area contributed by atoms with E-state index in [1.807, 2.05) is 31.3 Å². The number of aldehydes is 1. The Balaban J connectivity index is 2.49. The molecule has 0 radical (unpaired) electrons. The highest BCUT2D eigenvalue weighted by Crippen LogP contribution is 2.38. The number of fused-ring (bicyclic) bond motifs is 1. The van der Waals surface area contributed by atoms with E-state index in [4.69, 9.17) is 4.74 Å². The van der Waals surface area contributed by atoms with Gasteiger partial charge in [0, 0.05) is 7.05 Å². The number of hydrogen-bond donors (Lipinski definition) is 1. The Morgan fingerprint density at radius 3 is 2.86 bits per heavy atom. The van der Waals surface area contributed by atoms with Crippen molar-refractivity contribution in [2.45, 2.75) is 0 Å². The molecule has 14 heavy (non-hydrogen) atoms. The van der Waals surface area contributed by atoms with Crippen molar-refractivity contribution in [1.29, 1.82) is 0 Å². The van der Waals surface area contributed by atoms with E-state index < -0.39 is 0 Å². The third-order valence-electron chi connectivity index (χ3n) is 2.07. The second-order valence-corrected chi connectivity index (χ2v) is 3.42. The number of nitrogens with zero attached hydrogens (tertiary/aromatic N) is 1. The maximum Gasteiger partial charge on any atom is 0.217 e. The van der Waals surface area contributed by atoms with Crippen molar-refractivity contribution in [3.63, 3.8) is 0 Å². The molecule has 0 fully saturated rings. The Hall–Kier alpha value is -1.42. The zero-order chi connectivity index (χ0) is 10.1. The minimum atomic E-state index is 0.295. The van der Waals surface area contributed by atoms with Crippen molar-refractivity contribution in [2.24, 2.45) is 0 Å². The molecule has 0 atom stereocenters. The first kappa shape index (κ1) is 9.15. The molecule has 1 aliphatic heterocycles. The van der Waals surface area contributed by atoms with Crippen LogP contribution in [0.15, 0.2) is 35.1 Å². The highest BCUT2D eigenvalue weighted by Gasteiger charge is 2.24. The number of allylic oxidation sites excluding steroid dienone is 1. The van der Waals surface area contributed by atoms with Gasteiger partial charge in [0.2, 0.25) is 5.88 Å². The molecule has 0 spiro atoms. The lowest BCUT2D eigenvalue weighted by atomic mass is 10.3. The summed E-state index contributed by atoms with van der Waals surface area (Å²) >= 11 is 4.03. The van der Waals surface area contributed by atoms with Crippen LogP contribution >= 0.6 is 12.6 Å². The molecule has 0 amide bonds. The number of benzene rings is 1. The third-order valence-corrected chi connectivity index (χ3v) is 2.37. The maximum absolute atomic E-state index is 10.5. The van der Waals surface area contributed by atoms with Crippen LogP contribution in [0.4, 0.5) is 5.69 Å². The number of rotatable bonds is 1. The molecule has 3 nitrogen and oxygen atoms in total. The predicted molar refractivity (Wildman–Crippen MR) is 57.5 cm³/mol. The molecule has 4 heteroatoms. The summed E-state index contributed by atoms with van der Waals surface area (Å²) in [4.78, 5) is 12.6. The van der Waals surface area contributed by atoms with Crippen LogP contribution in [0.1, 0.15) is 0 Å². The number of para-hydroxylation sites is 2. The van der Waals surface area contributed by atoms with Crippen molar-refractivity contribution in [3.8, 4) is 5.75 Å². The Morgan fingerprint density at radius 2 is 2.21 bits per heavy atom. The molecule has 1 aromatic rings. The maximum atomic E-state index is 10.5. The van der Waals surface area contributed by atoms with E-state index in [1.165, 1.54) is 0 Å². The topological polar surface area (TPSA) is 29.5 Å². The van der Waals surface area contributed by atoms with Crippen molar-refractivity contribution in [2.75, 3.05) is 11.9 Å². The summed E-state index contributed by atoms with van der Waals surface area (Å²) in [5, 5.41) is 0. The van der Waals surface area contributed by atoms with Gasteiger partial charge in [-0.05, 0) is 12.1 Å². The van der Waals surface area contributed by atoms with Crippen molar-refractivity contribution >= 4 is 24.6 Å². The molecular formula is C10H9NO2S. The van der Waals surface area contributed by atoms with Gasteiger partial charge in [-0.25, -0.2) is 0 Å². The molecule has 0 saturated heterocycles. The number of hydrogen-bond acceptors (Lipinski definition) is 4. The molecular weight excluding hydrogens is 198 g/mol. The number of ether oxygens (including phenoxy) is 1. The normalized spacial score (nSPS) is 17.4. The molecule has 0 saturated carbocycles. The standard InChI is InChI=1S/C10H9NO2S/c1-11-7-4-2-3-5-8(7)13-10(11)9(14)6-12/h2-6,14H,1H3/b10-9-. The summed E-state index contributed by atoms with van der Waals surface area (Å²) in [6.07, 6.45) is 0.667. The Kier molecular flexibility index (Phi) is 2.21. The van der Waals surface area contributed by atoms with E-state index in [0.717, 1.165) is 11.4 Å². The highest BCUT2D eigenvalue weighted by atomic mass is 32.1. The predicted octanol–water partition coefficient (Wildman–Crippen LogP) is 1.81. The average Bonchev–Trinajstić information content (AvgIpc) is 2.56. The van der Waals surface area contributed by atoms with Gasteiger partial charge in [0.25, 0.3) is 0 Å². The summed E-state index contributed by atoms with van der Waals surface area (Å²) in [6, 6.07) is 7.58. The lowest BCUT2D eigenvalue weighted by molar-refractivity contribution is -0.104. The number of carbonyl (C=O) groups is 1. The van der Waals surface area contributed by atoms with Crippen LogP contribution in [0.3, 0.4) is 0 Å². The van der Waals surface area contributed by atoms with E-state index in [9.17, 15) is 4.79 Å². The summed E-state index contributed by atoms with van der Waals surface area (Å²) in [7, 11) is 1.83. The largest absolute Gasteiger partial charge is 0.437 e. The van der Waals surface area contributed by atoms with Crippen LogP contribution in [-0.2, 0) is 4.79 Å².